The van der Waals surface area contributed by atoms with Crippen LogP contribution >= 0.6 is 11.6 Å². The highest BCUT2D eigenvalue weighted by Gasteiger charge is 2.36. The third-order valence-electron chi connectivity index (χ3n) is 5.20. The topological polar surface area (TPSA) is 69.7 Å². The lowest BCUT2D eigenvalue weighted by Crippen LogP contribution is -2.45. The summed E-state index contributed by atoms with van der Waals surface area (Å²) in [6.07, 6.45) is -1.71. The van der Waals surface area contributed by atoms with Crippen LogP contribution in [0.25, 0.3) is 0 Å². The lowest BCUT2D eigenvalue weighted by Gasteiger charge is -2.29. The zero-order chi connectivity index (χ0) is 23.7. The molecule has 0 radical (unpaired) electrons. The molecule has 2 aromatic rings. The maximum atomic E-state index is 13.2. The number of alkyl halides is 3. The Kier molecular flexibility index (Phi) is 6.94. The van der Waals surface area contributed by atoms with Gasteiger partial charge in [0.25, 0.3) is 0 Å². The van der Waals surface area contributed by atoms with Gasteiger partial charge in [0.05, 0.1) is 22.5 Å². The average Bonchev–Trinajstić information content (AvgIpc) is 3.23. The van der Waals surface area contributed by atoms with E-state index >= 15 is 0 Å². The van der Waals surface area contributed by atoms with E-state index in [1.807, 2.05) is 12.1 Å². The Labute approximate surface area is 190 Å². The number of benzene rings is 2. The van der Waals surface area contributed by atoms with Gasteiger partial charge in [0.15, 0.2) is 0 Å². The summed E-state index contributed by atoms with van der Waals surface area (Å²) in [6.45, 7) is 3.23. The van der Waals surface area contributed by atoms with Crippen LogP contribution in [0, 0.1) is 0 Å². The van der Waals surface area contributed by atoms with Gasteiger partial charge in [-0.2, -0.15) is 13.2 Å². The first-order valence-electron chi connectivity index (χ1n) is 9.90. The van der Waals surface area contributed by atoms with E-state index in [0.717, 1.165) is 50.0 Å². The fraction of sp³-hybridized carbons (Fsp3) is 0.381. The zero-order valence-electron chi connectivity index (χ0n) is 17.5. The number of halogens is 4. The van der Waals surface area contributed by atoms with Crippen molar-refractivity contribution in [1.29, 1.82) is 0 Å². The molecule has 11 heteroatoms. The Morgan fingerprint density at radius 2 is 1.72 bits per heavy atom. The molecule has 0 saturated carbocycles. The van der Waals surface area contributed by atoms with E-state index in [1.54, 1.807) is 12.1 Å². The molecule has 0 bridgehead atoms. The molecule has 6 nitrogen and oxygen atoms in total. The van der Waals surface area contributed by atoms with Crippen molar-refractivity contribution in [2.24, 2.45) is 0 Å². The molecular weight excluding hydrogens is 467 g/mol. The third-order valence-corrected chi connectivity index (χ3v) is 6.78. The molecule has 0 unspecified atom stereocenters. The molecule has 1 heterocycles. The van der Waals surface area contributed by atoms with Crippen molar-refractivity contribution in [2.75, 3.05) is 33.9 Å². The minimum atomic E-state index is -4.78. The van der Waals surface area contributed by atoms with Gasteiger partial charge in [-0.05, 0) is 62.2 Å². The SMILES string of the molecule is C[C@@H](C(=O)Nc1ccc(N2CCCC2)cc1)N(c1ccc(Cl)c(C(F)(F)F)c1)S(C)(=O)=O. The zero-order valence-corrected chi connectivity index (χ0v) is 19.1. The molecular formula is C21H23ClF3N3O3S. The lowest BCUT2D eigenvalue weighted by molar-refractivity contribution is -0.137. The monoisotopic (exact) mass is 489 g/mol. The molecule has 1 atom stereocenters. The molecule has 0 spiro atoms. The Morgan fingerprint density at radius 1 is 1.12 bits per heavy atom. The van der Waals surface area contributed by atoms with E-state index < -0.39 is 38.7 Å². The second kappa shape index (κ2) is 9.19. The van der Waals surface area contributed by atoms with E-state index in [0.29, 0.717) is 16.1 Å². The molecule has 1 fully saturated rings. The van der Waals surface area contributed by atoms with E-state index in [4.69, 9.17) is 11.6 Å². The fourth-order valence-electron chi connectivity index (χ4n) is 3.65. The van der Waals surface area contributed by atoms with Gasteiger partial charge in [0, 0.05) is 24.5 Å². The smallest absolute Gasteiger partial charge is 0.372 e. The van der Waals surface area contributed by atoms with Crippen LogP contribution in [0.5, 0.6) is 0 Å². The molecule has 174 valence electrons. The van der Waals surface area contributed by atoms with Crippen molar-refractivity contribution in [2.45, 2.75) is 32.0 Å². The molecule has 1 amide bonds. The summed E-state index contributed by atoms with van der Waals surface area (Å²) in [7, 11) is -4.09. The van der Waals surface area contributed by atoms with Gasteiger partial charge < -0.3 is 10.2 Å². The normalized spacial score (nSPS) is 15.5. The maximum absolute atomic E-state index is 13.2. The number of amides is 1. The number of nitrogens with zero attached hydrogens (tertiary/aromatic N) is 2. The first-order valence-corrected chi connectivity index (χ1v) is 12.1. The minimum absolute atomic E-state index is 0.309. The molecule has 32 heavy (non-hydrogen) atoms. The van der Waals surface area contributed by atoms with Crippen LogP contribution in [0.4, 0.5) is 30.2 Å². The van der Waals surface area contributed by atoms with Crippen molar-refractivity contribution < 1.29 is 26.4 Å². The number of hydrogen-bond acceptors (Lipinski definition) is 4. The van der Waals surface area contributed by atoms with Crippen molar-refractivity contribution in [1.82, 2.24) is 0 Å². The van der Waals surface area contributed by atoms with Gasteiger partial charge in [-0.1, -0.05) is 11.6 Å². The summed E-state index contributed by atoms with van der Waals surface area (Å²) in [5.74, 6) is -0.687. The van der Waals surface area contributed by atoms with Crippen molar-refractivity contribution >= 4 is 44.6 Å². The van der Waals surface area contributed by atoms with Crippen LogP contribution in [-0.2, 0) is 21.0 Å². The Bertz CT molecular complexity index is 1090. The molecule has 1 N–H and O–H groups in total. The van der Waals surface area contributed by atoms with Gasteiger partial charge in [-0.3, -0.25) is 9.10 Å². The van der Waals surface area contributed by atoms with E-state index in [-0.39, 0.29) is 5.69 Å². The van der Waals surface area contributed by atoms with Crippen molar-refractivity contribution in [3.05, 3.63) is 53.1 Å². The van der Waals surface area contributed by atoms with Crippen molar-refractivity contribution in [3.63, 3.8) is 0 Å². The van der Waals surface area contributed by atoms with Gasteiger partial charge in [-0.25, -0.2) is 8.42 Å². The van der Waals surface area contributed by atoms with Crippen LogP contribution in [0.15, 0.2) is 42.5 Å². The van der Waals surface area contributed by atoms with Crippen LogP contribution < -0.4 is 14.5 Å². The van der Waals surface area contributed by atoms with Crippen molar-refractivity contribution in [3.8, 4) is 0 Å². The molecule has 1 aliphatic heterocycles. The summed E-state index contributed by atoms with van der Waals surface area (Å²) in [5, 5.41) is 2.06. The first kappa shape index (κ1) is 24.2. The summed E-state index contributed by atoms with van der Waals surface area (Å²) in [6, 6.07) is 8.51. The second-order valence-electron chi connectivity index (χ2n) is 7.63. The molecule has 1 aliphatic rings. The number of nitrogens with one attached hydrogen (secondary N) is 1. The average molecular weight is 490 g/mol. The number of hydrogen-bond donors (Lipinski definition) is 1. The Morgan fingerprint density at radius 3 is 2.25 bits per heavy atom. The standard InChI is InChI=1S/C21H23ClF3N3O3S/c1-14(20(29)26-15-5-7-16(8-6-15)27-11-3-4-12-27)28(32(2,30)31)17-9-10-19(22)18(13-17)21(23,24)25/h5-10,13-14H,3-4,11-12H2,1-2H3,(H,26,29)/t14-/m0/s1. The molecule has 1 saturated heterocycles. The number of rotatable bonds is 6. The molecule has 3 rings (SSSR count). The van der Waals surface area contributed by atoms with Crippen LogP contribution in [-0.4, -0.2) is 39.7 Å². The van der Waals surface area contributed by atoms with Gasteiger partial charge >= 0.3 is 6.18 Å². The number of sulfonamides is 1. The van der Waals surface area contributed by atoms with Crippen LogP contribution in [0.3, 0.4) is 0 Å². The molecule has 2 aromatic carbocycles. The predicted molar refractivity (Wildman–Crippen MR) is 120 cm³/mol. The Balaban J connectivity index is 1.83. The summed E-state index contributed by atoms with van der Waals surface area (Å²) < 4.78 is 65.2. The highest BCUT2D eigenvalue weighted by atomic mass is 35.5. The minimum Gasteiger partial charge on any atom is -0.372 e. The third kappa shape index (κ3) is 5.47. The summed E-state index contributed by atoms with van der Waals surface area (Å²) >= 11 is 5.64. The van der Waals surface area contributed by atoms with Crippen LogP contribution in [0.2, 0.25) is 5.02 Å². The Hall–Kier alpha value is -2.46. The van der Waals surface area contributed by atoms with Crippen LogP contribution in [0.1, 0.15) is 25.3 Å². The maximum Gasteiger partial charge on any atom is 0.417 e. The van der Waals surface area contributed by atoms with E-state index in [2.05, 4.69) is 10.2 Å². The van der Waals surface area contributed by atoms with E-state index in [1.165, 1.54) is 6.92 Å². The van der Waals surface area contributed by atoms with Gasteiger partial charge in [0.2, 0.25) is 15.9 Å². The lowest BCUT2D eigenvalue weighted by atomic mass is 10.1. The summed E-state index contributed by atoms with van der Waals surface area (Å²) in [5.41, 5.74) is -0.0239. The fourth-order valence-corrected chi connectivity index (χ4v) is 5.05. The quantitative estimate of drug-likeness (QED) is 0.635. The van der Waals surface area contributed by atoms with Gasteiger partial charge in [0.1, 0.15) is 6.04 Å². The highest BCUT2D eigenvalue weighted by Crippen LogP contribution is 2.37. The molecule has 0 aromatic heterocycles. The van der Waals surface area contributed by atoms with E-state index in [9.17, 15) is 26.4 Å². The summed E-state index contributed by atoms with van der Waals surface area (Å²) in [4.78, 5) is 15.0. The highest BCUT2D eigenvalue weighted by molar-refractivity contribution is 7.92. The number of carbonyl (C=O) groups excluding carboxylic acids is 1. The second-order valence-corrected chi connectivity index (χ2v) is 9.89. The number of carbonyl (C=O) groups is 1. The molecule has 0 aliphatic carbocycles. The largest absolute Gasteiger partial charge is 0.417 e. The predicted octanol–water partition coefficient (Wildman–Crippen LogP) is 4.75. The number of anilines is 3. The van der Waals surface area contributed by atoms with Gasteiger partial charge in [-0.15, -0.1) is 0 Å². The first-order chi connectivity index (χ1) is 14.9.